The number of carboxylic acid groups (broad SMARTS) is 1. The molecule has 5 rings (SSSR count). The van der Waals surface area contributed by atoms with Crippen LogP contribution >= 0.6 is 0 Å². The summed E-state index contributed by atoms with van der Waals surface area (Å²) in [7, 11) is 0. The number of pyridine rings is 1. The topological polar surface area (TPSA) is 76.5 Å². The third-order valence-electron chi connectivity index (χ3n) is 6.66. The number of hydrogen-bond acceptors (Lipinski definition) is 4. The molecule has 0 radical (unpaired) electrons. The Labute approximate surface area is 233 Å². The average Bonchev–Trinajstić information content (AvgIpc) is 2.98. The maximum Gasteiger partial charge on any atom is 0.418 e. The predicted molar refractivity (Wildman–Crippen MR) is 149 cm³/mol. The molecular weight excluding hydrogens is 531 g/mol. The highest BCUT2D eigenvalue weighted by atomic mass is 19.4. The molecule has 0 bridgehead atoms. The number of benzene rings is 4. The minimum atomic E-state index is -4.62. The van der Waals surface area contributed by atoms with Crippen molar-refractivity contribution in [3.8, 4) is 16.9 Å². The fourth-order valence-corrected chi connectivity index (χ4v) is 4.67. The molecule has 0 aliphatic rings. The molecule has 0 aliphatic carbocycles. The molecule has 0 saturated heterocycles. The van der Waals surface area contributed by atoms with E-state index in [4.69, 9.17) is 9.84 Å². The lowest BCUT2D eigenvalue weighted by atomic mass is 9.90. The highest BCUT2D eigenvalue weighted by Crippen LogP contribution is 2.39. The Morgan fingerprint density at radius 2 is 1.56 bits per heavy atom. The second kappa shape index (κ2) is 11.6. The van der Waals surface area contributed by atoms with Gasteiger partial charge in [0.05, 0.1) is 11.1 Å². The van der Waals surface area contributed by atoms with Gasteiger partial charge >= 0.3 is 12.1 Å². The number of rotatable bonds is 9. The maximum absolute atomic E-state index is 13.9. The summed E-state index contributed by atoms with van der Waals surface area (Å²) in [6.07, 6.45) is -2.95. The summed E-state index contributed by atoms with van der Waals surface area (Å²) in [5.41, 5.74) is 2.02. The summed E-state index contributed by atoms with van der Waals surface area (Å²) >= 11 is 0. The lowest BCUT2D eigenvalue weighted by Gasteiger charge is -2.16. The molecule has 1 heterocycles. The third kappa shape index (κ3) is 6.27. The molecule has 206 valence electrons. The monoisotopic (exact) mass is 555 g/mol. The molecule has 1 aromatic heterocycles. The van der Waals surface area contributed by atoms with E-state index in [2.05, 4.69) is 4.98 Å². The normalized spacial score (nSPS) is 11.4. The Morgan fingerprint density at radius 1 is 0.829 bits per heavy atom. The van der Waals surface area contributed by atoms with Crippen LogP contribution in [0.4, 0.5) is 13.2 Å². The Bertz CT molecular complexity index is 1720. The molecule has 0 amide bonds. The van der Waals surface area contributed by atoms with Gasteiger partial charge < -0.3 is 9.84 Å². The van der Waals surface area contributed by atoms with Gasteiger partial charge in [0, 0.05) is 34.7 Å². The largest absolute Gasteiger partial charge is 0.489 e. The van der Waals surface area contributed by atoms with Gasteiger partial charge in [-0.1, -0.05) is 72.8 Å². The number of aryl methyl sites for hydroxylation is 1. The number of aromatic nitrogens is 1. The number of ketones is 1. The second-order valence-electron chi connectivity index (χ2n) is 9.47. The zero-order chi connectivity index (χ0) is 29.0. The fourth-order valence-electron chi connectivity index (χ4n) is 4.67. The summed E-state index contributed by atoms with van der Waals surface area (Å²) in [6, 6.07) is 26.6. The predicted octanol–water partition coefficient (Wildman–Crippen LogP) is 7.75. The first-order chi connectivity index (χ1) is 19.7. The van der Waals surface area contributed by atoms with Crippen LogP contribution in [0.15, 0.2) is 103 Å². The Morgan fingerprint density at radius 3 is 2.27 bits per heavy atom. The minimum absolute atomic E-state index is 0.0376. The molecule has 0 unspecified atom stereocenters. The summed E-state index contributed by atoms with van der Waals surface area (Å²) in [4.78, 5) is 28.5. The van der Waals surface area contributed by atoms with Crippen molar-refractivity contribution < 1.29 is 32.6 Å². The van der Waals surface area contributed by atoms with Crippen LogP contribution in [0.25, 0.3) is 22.0 Å². The molecular formula is C33H24F3NO4. The quantitative estimate of drug-likeness (QED) is 0.188. The van der Waals surface area contributed by atoms with E-state index in [-0.39, 0.29) is 35.3 Å². The second-order valence-corrected chi connectivity index (χ2v) is 9.47. The first-order valence-electron chi connectivity index (χ1n) is 12.8. The lowest BCUT2D eigenvalue weighted by Crippen LogP contribution is -2.09. The number of para-hydroxylation sites is 1. The number of fused-ring (bicyclic) bond motifs is 1. The molecule has 41 heavy (non-hydrogen) atoms. The van der Waals surface area contributed by atoms with E-state index < -0.39 is 17.7 Å². The third-order valence-corrected chi connectivity index (χ3v) is 6.66. The van der Waals surface area contributed by atoms with Crippen molar-refractivity contribution in [2.45, 2.75) is 25.6 Å². The van der Waals surface area contributed by atoms with Crippen molar-refractivity contribution in [3.63, 3.8) is 0 Å². The first kappa shape index (κ1) is 27.6. The van der Waals surface area contributed by atoms with E-state index in [1.165, 1.54) is 12.3 Å². The molecule has 0 aliphatic heterocycles. The van der Waals surface area contributed by atoms with Gasteiger partial charge in [0.25, 0.3) is 0 Å². The standard InChI is InChI=1S/C33H24F3NO4/c34-33(35,36)28-11-5-10-26-30(27(19-37-31(26)28)32(40)23-7-2-1-3-8-23)24-9-4-6-22(18-24)20-41-25-15-12-21(13-16-25)14-17-29(38)39/h1-13,15-16,18-19H,14,17,20H2,(H,38,39). The molecule has 0 fully saturated rings. The number of ether oxygens (including phenoxy) is 1. The SMILES string of the molecule is O=C(O)CCc1ccc(OCc2cccc(-c3c(C(=O)c4ccccc4)cnc4c(C(F)(F)F)cccc34)c2)cc1. The summed E-state index contributed by atoms with van der Waals surface area (Å²) in [6.45, 7) is 0.168. The van der Waals surface area contributed by atoms with Gasteiger partial charge in [0.15, 0.2) is 5.78 Å². The Balaban J connectivity index is 1.52. The number of hydrogen-bond donors (Lipinski definition) is 1. The summed E-state index contributed by atoms with van der Waals surface area (Å²) < 4.78 is 47.5. The number of nitrogens with zero attached hydrogens (tertiary/aromatic N) is 1. The van der Waals surface area contributed by atoms with Crippen molar-refractivity contribution in [2.75, 3.05) is 0 Å². The van der Waals surface area contributed by atoms with Crippen LogP contribution in [-0.2, 0) is 24.0 Å². The maximum atomic E-state index is 13.9. The van der Waals surface area contributed by atoms with Gasteiger partial charge in [-0.05, 0) is 47.4 Å². The minimum Gasteiger partial charge on any atom is -0.489 e. The van der Waals surface area contributed by atoms with Crippen LogP contribution in [0.1, 0.15) is 39.0 Å². The number of carbonyl (C=O) groups excluding carboxylic acids is 1. The number of aliphatic carboxylic acids is 1. The number of halogens is 3. The zero-order valence-corrected chi connectivity index (χ0v) is 21.7. The van der Waals surface area contributed by atoms with Crippen molar-refractivity contribution in [2.24, 2.45) is 0 Å². The van der Waals surface area contributed by atoms with E-state index in [9.17, 15) is 22.8 Å². The number of carboxylic acids is 1. The van der Waals surface area contributed by atoms with Crippen molar-refractivity contribution in [3.05, 3.63) is 131 Å². The molecule has 0 saturated carbocycles. The highest BCUT2D eigenvalue weighted by molar-refractivity contribution is 6.16. The fraction of sp³-hybridized carbons (Fsp3) is 0.121. The number of alkyl halides is 3. The van der Waals surface area contributed by atoms with Gasteiger partial charge in [0.1, 0.15) is 12.4 Å². The first-order valence-corrected chi connectivity index (χ1v) is 12.8. The highest BCUT2D eigenvalue weighted by Gasteiger charge is 2.34. The van der Waals surface area contributed by atoms with Gasteiger partial charge in [-0.25, -0.2) is 0 Å². The molecule has 5 nitrogen and oxygen atoms in total. The zero-order valence-electron chi connectivity index (χ0n) is 21.7. The average molecular weight is 556 g/mol. The van der Waals surface area contributed by atoms with E-state index in [1.807, 2.05) is 6.07 Å². The summed E-state index contributed by atoms with van der Waals surface area (Å²) in [5, 5.41) is 9.08. The molecule has 1 N–H and O–H groups in total. The van der Waals surface area contributed by atoms with E-state index in [0.29, 0.717) is 28.9 Å². The molecule has 0 spiro atoms. The molecule has 5 aromatic rings. The number of carbonyl (C=O) groups is 2. The summed E-state index contributed by atoms with van der Waals surface area (Å²) in [5.74, 6) is -0.633. The van der Waals surface area contributed by atoms with Crippen molar-refractivity contribution in [1.29, 1.82) is 0 Å². The molecule has 8 heteroatoms. The van der Waals surface area contributed by atoms with Crippen LogP contribution in [0.5, 0.6) is 5.75 Å². The Kier molecular flexibility index (Phi) is 7.83. The van der Waals surface area contributed by atoms with Crippen LogP contribution in [-0.4, -0.2) is 21.8 Å². The van der Waals surface area contributed by atoms with Gasteiger partial charge in [-0.15, -0.1) is 0 Å². The van der Waals surface area contributed by atoms with Gasteiger partial charge in [-0.2, -0.15) is 13.2 Å². The van der Waals surface area contributed by atoms with Gasteiger partial charge in [0.2, 0.25) is 0 Å². The van der Waals surface area contributed by atoms with E-state index in [0.717, 1.165) is 17.2 Å². The molecule has 0 atom stereocenters. The van der Waals surface area contributed by atoms with E-state index in [1.54, 1.807) is 78.9 Å². The van der Waals surface area contributed by atoms with Crippen LogP contribution in [0.2, 0.25) is 0 Å². The lowest BCUT2D eigenvalue weighted by molar-refractivity contribution is -0.137. The van der Waals surface area contributed by atoms with Crippen molar-refractivity contribution >= 4 is 22.7 Å². The van der Waals surface area contributed by atoms with Crippen molar-refractivity contribution in [1.82, 2.24) is 4.98 Å². The van der Waals surface area contributed by atoms with E-state index >= 15 is 0 Å². The van der Waals surface area contributed by atoms with Gasteiger partial charge in [-0.3, -0.25) is 14.6 Å². The smallest absolute Gasteiger partial charge is 0.418 e. The van der Waals surface area contributed by atoms with Crippen LogP contribution in [0, 0.1) is 0 Å². The van der Waals surface area contributed by atoms with Crippen LogP contribution in [0.3, 0.4) is 0 Å². The Hall–Kier alpha value is -4.98. The molecule has 4 aromatic carbocycles. The van der Waals surface area contributed by atoms with Crippen LogP contribution < -0.4 is 4.74 Å².